The number of aryl methyl sites for hydroxylation is 1. The van der Waals surface area contributed by atoms with E-state index in [4.69, 9.17) is 0 Å². The summed E-state index contributed by atoms with van der Waals surface area (Å²) in [5.74, 6) is -1.43. The van der Waals surface area contributed by atoms with Gasteiger partial charge >= 0.3 is 0 Å². The Balaban J connectivity index is 1.68. The Morgan fingerprint density at radius 1 is 1.00 bits per heavy atom. The highest BCUT2D eigenvalue weighted by Crippen LogP contribution is 2.25. The van der Waals surface area contributed by atoms with Gasteiger partial charge in [-0.15, -0.1) is 0 Å². The van der Waals surface area contributed by atoms with Gasteiger partial charge in [0.2, 0.25) is 5.91 Å². The highest BCUT2D eigenvalue weighted by atomic mass is 16.2. The van der Waals surface area contributed by atoms with E-state index in [0.717, 1.165) is 18.4 Å². The quantitative estimate of drug-likeness (QED) is 0.715. The van der Waals surface area contributed by atoms with E-state index < -0.39 is 5.91 Å². The molecule has 0 spiro atoms. The lowest BCUT2D eigenvalue weighted by Crippen LogP contribution is -2.35. The minimum Gasteiger partial charge on any atom is -0.332 e. The molecule has 0 radical (unpaired) electrons. The van der Waals surface area contributed by atoms with Crippen LogP contribution in [0.25, 0.3) is 0 Å². The number of nitrogens with one attached hydrogen (secondary N) is 1. The zero-order valence-electron chi connectivity index (χ0n) is 17.4. The molecule has 7 nitrogen and oxygen atoms in total. The molecule has 1 N–H and O–H groups in total. The Bertz CT molecular complexity index is 998. The number of carbonyl (C=O) groups excluding carboxylic acids is 4. The summed E-state index contributed by atoms with van der Waals surface area (Å²) in [5, 5.41) is 2.75. The van der Waals surface area contributed by atoms with Gasteiger partial charge in [-0.25, -0.2) is 0 Å². The van der Waals surface area contributed by atoms with Crippen LogP contribution in [0.2, 0.25) is 0 Å². The SMILES string of the molecule is CCCCN1C(=O)c2ccc(C(=O)N(C)CC(=O)Nc3ccc(C)cc3)cc2C1=O. The summed E-state index contributed by atoms with van der Waals surface area (Å²) < 4.78 is 0. The molecule has 30 heavy (non-hydrogen) atoms. The van der Waals surface area contributed by atoms with Crippen molar-refractivity contribution < 1.29 is 19.2 Å². The van der Waals surface area contributed by atoms with Crippen LogP contribution in [-0.2, 0) is 4.79 Å². The molecule has 0 saturated heterocycles. The summed E-state index contributed by atoms with van der Waals surface area (Å²) in [6.45, 7) is 4.17. The molecular weight excluding hydrogens is 382 g/mol. The number of likely N-dealkylation sites (N-methyl/N-ethyl adjacent to an activating group) is 1. The van der Waals surface area contributed by atoms with E-state index in [1.165, 1.54) is 35.0 Å². The lowest BCUT2D eigenvalue weighted by atomic mass is 10.0. The average molecular weight is 407 g/mol. The first-order chi connectivity index (χ1) is 14.3. The highest BCUT2D eigenvalue weighted by molar-refractivity contribution is 6.22. The summed E-state index contributed by atoms with van der Waals surface area (Å²) in [4.78, 5) is 52.5. The smallest absolute Gasteiger partial charge is 0.261 e. The summed E-state index contributed by atoms with van der Waals surface area (Å²) in [6, 6.07) is 11.8. The van der Waals surface area contributed by atoms with Crippen LogP contribution in [0.1, 0.15) is 56.4 Å². The van der Waals surface area contributed by atoms with Crippen molar-refractivity contribution in [2.24, 2.45) is 0 Å². The van der Waals surface area contributed by atoms with Crippen molar-refractivity contribution in [3.63, 3.8) is 0 Å². The van der Waals surface area contributed by atoms with E-state index in [1.54, 1.807) is 12.1 Å². The van der Waals surface area contributed by atoms with Crippen molar-refractivity contribution in [1.29, 1.82) is 0 Å². The molecule has 0 fully saturated rings. The zero-order valence-corrected chi connectivity index (χ0v) is 17.4. The molecule has 0 bridgehead atoms. The first-order valence-electron chi connectivity index (χ1n) is 9.94. The second-order valence-corrected chi connectivity index (χ2v) is 7.45. The Kier molecular flexibility index (Phi) is 6.30. The predicted octanol–water partition coefficient (Wildman–Crippen LogP) is 3.10. The fraction of sp³-hybridized carbons (Fsp3) is 0.304. The van der Waals surface area contributed by atoms with Crippen LogP contribution in [0.4, 0.5) is 5.69 Å². The van der Waals surface area contributed by atoms with Gasteiger partial charge in [0.25, 0.3) is 17.7 Å². The maximum absolute atomic E-state index is 12.8. The fourth-order valence-corrected chi connectivity index (χ4v) is 3.29. The number of unbranched alkanes of at least 4 members (excludes halogenated alkanes) is 1. The molecule has 0 aromatic heterocycles. The maximum atomic E-state index is 12.8. The van der Waals surface area contributed by atoms with Crippen LogP contribution in [-0.4, -0.2) is 53.6 Å². The van der Waals surface area contributed by atoms with Gasteiger partial charge in [0.1, 0.15) is 0 Å². The number of anilines is 1. The molecule has 3 rings (SSSR count). The zero-order chi connectivity index (χ0) is 21.8. The molecule has 1 heterocycles. The van der Waals surface area contributed by atoms with Crippen molar-refractivity contribution >= 4 is 29.3 Å². The summed E-state index contributed by atoms with van der Waals surface area (Å²) in [5.41, 5.74) is 2.54. The van der Waals surface area contributed by atoms with E-state index in [2.05, 4.69) is 5.32 Å². The lowest BCUT2D eigenvalue weighted by molar-refractivity contribution is -0.116. The number of imide groups is 1. The third kappa shape index (κ3) is 4.40. The van der Waals surface area contributed by atoms with Gasteiger partial charge in [-0.1, -0.05) is 31.0 Å². The van der Waals surface area contributed by atoms with E-state index in [0.29, 0.717) is 17.8 Å². The Morgan fingerprint density at radius 2 is 1.67 bits per heavy atom. The first kappa shape index (κ1) is 21.2. The first-order valence-corrected chi connectivity index (χ1v) is 9.94. The topological polar surface area (TPSA) is 86.8 Å². The van der Waals surface area contributed by atoms with Gasteiger partial charge in [-0.3, -0.25) is 24.1 Å². The van der Waals surface area contributed by atoms with Crippen molar-refractivity contribution in [3.05, 3.63) is 64.7 Å². The fourth-order valence-electron chi connectivity index (χ4n) is 3.29. The van der Waals surface area contributed by atoms with Crippen molar-refractivity contribution in [3.8, 4) is 0 Å². The third-order valence-electron chi connectivity index (χ3n) is 5.02. The molecule has 156 valence electrons. The standard InChI is InChI=1S/C23H25N3O4/c1-4-5-12-26-22(29)18-11-8-16(13-19(18)23(26)30)21(28)25(3)14-20(27)24-17-9-6-15(2)7-10-17/h6-11,13H,4-5,12,14H2,1-3H3,(H,24,27). The van der Waals surface area contributed by atoms with Crippen molar-refractivity contribution in [2.45, 2.75) is 26.7 Å². The van der Waals surface area contributed by atoms with Gasteiger partial charge in [0, 0.05) is 24.8 Å². The second-order valence-electron chi connectivity index (χ2n) is 7.45. The minimum absolute atomic E-state index is 0.140. The molecule has 2 aromatic rings. The number of nitrogens with zero attached hydrogens (tertiary/aromatic N) is 2. The van der Waals surface area contributed by atoms with Crippen LogP contribution in [0.5, 0.6) is 0 Å². The predicted molar refractivity (Wildman–Crippen MR) is 113 cm³/mol. The van der Waals surface area contributed by atoms with Crippen LogP contribution < -0.4 is 5.32 Å². The number of rotatable bonds is 7. The van der Waals surface area contributed by atoms with E-state index in [-0.39, 0.29) is 35.4 Å². The van der Waals surface area contributed by atoms with Crippen LogP contribution in [0.3, 0.4) is 0 Å². The monoisotopic (exact) mass is 407 g/mol. The minimum atomic E-state index is -0.399. The summed E-state index contributed by atoms with van der Waals surface area (Å²) in [6.07, 6.45) is 1.60. The number of amides is 4. The summed E-state index contributed by atoms with van der Waals surface area (Å²) in [7, 11) is 1.52. The normalized spacial score (nSPS) is 12.7. The van der Waals surface area contributed by atoms with Crippen LogP contribution >= 0.6 is 0 Å². The Labute approximate surface area is 175 Å². The maximum Gasteiger partial charge on any atom is 0.261 e. The molecule has 1 aliphatic rings. The molecule has 7 heteroatoms. The highest BCUT2D eigenvalue weighted by Gasteiger charge is 2.35. The molecule has 0 aliphatic carbocycles. The number of benzene rings is 2. The van der Waals surface area contributed by atoms with Crippen molar-refractivity contribution in [2.75, 3.05) is 25.5 Å². The van der Waals surface area contributed by atoms with Crippen LogP contribution in [0, 0.1) is 6.92 Å². The molecule has 0 unspecified atom stereocenters. The third-order valence-corrected chi connectivity index (χ3v) is 5.02. The second kappa shape index (κ2) is 8.90. The molecule has 2 aromatic carbocycles. The number of fused-ring (bicyclic) bond motifs is 1. The molecule has 4 amide bonds. The summed E-state index contributed by atoms with van der Waals surface area (Å²) >= 11 is 0. The Morgan fingerprint density at radius 3 is 2.33 bits per heavy atom. The lowest BCUT2D eigenvalue weighted by Gasteiger charge is -2.17. The molecular formula is C23H25N3O4. The van der Waals surface area contributed by atoms with Gasteiger partial charge in [0.15, 0.2) is 0 Å². The van der Waals surface area contributed by atoms with Crippen LogP contribution in [0.15, 0.2) is 42.5 Å². The largest absolute Gasteiger partial charge is 0.332 e. The van der Waals surface area contributed by atoms with Gasteiger partial charge in [-0.2, -0.15) is 0 Å². The molecule has 1 aliphatic heterocycles. The number of hydrogen-bond acceptors (Lipinski definition) is 4. The van der Waals surface area contributed by atoms with E-state index >= 15 is 0 Å². The van der Waals surface area contributed by atoms with Gasteiger partial charge in [-0.05, 0) is 43.7 Å². The number of carbonyl (C=O) groups is 4. The van der Waals surface area contributed by atoms with E-state index in [1.807, 2.05) is 26.0 Å². The average Bonchev–Trinajstić information content (AvgIpc) is 2.97. The molecule has 0 atom stereocenters. The molecule has 0 saturated carbocycles. The van der Waals surface area contributed by atoms with Crippen molar-refractivity contribution in [1.82, 2.24) is 9.80 Å². The number of hydrogen-bond donors (Lipinski definition) is 1. The van der Waals surface area contributed by atoms with Gasteiger partial charge in [0.05, 0.1) is 17.7 Å². The Hall–Kier alpha value is -3.48. The van der Waals surface area contributed by atoms with E-state index in [9.17, 15) is 19.2 Å². The van der Waals surface area contributed by atoms with Gasteiger partial charge < -0.3 is 10.2 Å².